The molecule has 1 saturated heterocycles. The predicted molar refractivity (Wildman–Crippen MR) is 89.4 cm³/mol. The molecule has 0 saturated carbocycles. The summed E-state index contributed by atoms with van der Waals surface area (Å²) in [6, 6.07) is 12.3. The van der Waals surface area contributed by atoms with Crippen LogP contribution in [0.4, 0.5) is 0 Å². The second kappa shape index (κ2) is 7.97. The number of nitrogens with zero attached hydrogens (tertiary/aromatic N) is 3. The highest BCUT2D eigenvalue weighted by molar-refractivity contribution is 7.99. The SMILES string of the molecule is O=C(CCSc1ccccc1)N1CC[C@H](Oc2ncccn2)C1. The third kappa shape index (κ3) is 4.69. The predicted octanol–water partition coefficient (Wildman–Crippen LogP) is 2.64. The van der Waals surface area contributed by atoms with Crippen molar-refractivity contribution >= 4 is 17.7 Å². The van der Waals surface area contributed by atoms with E-state index in [0.717, 1.165) is 18.7 Å². The zero-order valence-corrected chi connectivity index (χ0v) is 13.6. The third-order valence-electron chi connectivity index (χ3n) is 3.64. The molecule has 1 aromatic carbocycles. The molecule has 1 amide bonds. The lowest BCUT2D eigenvalue weighted by Gasteiger charge is -2.16. The van der Waals surface area contributed by atoms with Crippen molar-refractivity contribution in [2.75, 3.05) is 18.8 Å². The molecule has 0 unspecified atom stereocenters. The molecule has 0 spiro atoms. The number of amides is 1. The summed E-state index contributed by atoms with van der Waals surface area (Å²) in [7, 11) is 0. The van der Waals surface area contributed by atoms with Crippen LogP contribution in [0.25, 0.3) is 0 Å². The number of ether oxygens (including phenoxy) is 1. The van der Waals surface area contributed by atoms with E-state index in [1.165, 1.54) is 4.90 Å². The Labute approximate surface area is 140 Å². The van der Waals surface area contributed by atoms with Crippen LogP contribution in [0, 0.1) is 0 Å². The Morgan fingerprint density at radius 3 is 2.78 bits per heavy atom. The van der Waals surface area contributed by atoms with E-state index in [2.05, 4.69) is 22.1 Å². The summed E-state index contributed by atoms with van der Waals surface area (Å²) in [5, 5.41) is 0. The Bertz CT molecular complexity index is 624. The van der Waals surface area contributed by atoms with Gasteiger partial charge in [0.05, 0.1) is 6.54 Å². The number of hydrogen-bond acceptors (Lipinski definition) is 5. The summed E-state index contributed by atoms with van der Waals surface area (Å²) in [6.45, 7) is 1.36. The van der Waals surface area contributed by atoms with Gasteiger partial charge in [-0.15, -0.1) is 11.8 Å². The van der Waals surface area contributed by atoms with Gasteiger partial charge in [0.2, 0.25) is 5.91 Å². The molecule has 23 heavy (non-hydrogen) atoms. The highest BCUT2D eigenvalue weighted by atomic mass is 32.2. The Kier molecular flexibility index (Phi) is 5.47. The minimum Gasteiger partial charge on any atom is -0.458 e. The van der Waals surface area contributed by atoms with Crippen LogP contribution >= 0.6 is 11.8 Å². The molecular formula is C17H19N3O2S. The van der Waals surface area contributed by atoms with Crippen LogP contribution in [-0.2, 0) is 4.79 Å². The van der Waals surface area contributed by atoms with Gasteiger partial charge in [-0.25, -0.2) is 9.97 Å². The summed E-state index contributed by atoms with van der Waals surface area (Å²) in [5.41, 5.74) is 0. The van der Waals surface area contributed by atoms with Gasteiger partial charge in [-0.2, -0.15) is 0 Å². The molecule has 6 heteroatoms. The number of carbonyl (C=O) groups is 1. The normalized spacial score (nSPS) is 17.2. The molecule has 0 bridgehead atoms. The zero-order valence-electron chi connectivity index (χ0n) is 12.8. The summed E-state index contributed by atoms with van der Waals surface area (Å²) in [4.78, 5) is 23.4. The zero-order chi connectivity index (χ0) is 15.9. The van der Waals surface area contributed by atoms with E-state index in [9.17, 15) is 4.79 Å². The van der Waals surface area contributed by atoms with E-state index in [4.69, 9.17) is 4.74 Å². The van der Waals surface area contributed by atoms with Gasteiger partial charge in [0, 0.05) is 42.4 Å². The monoisotopic (exact) mass is 329 g/mol. The second-order valence-electron chi connectivity index (χ2n) is 5.31. The molecule has 3 rings (SSSR count). The number of aromatic nitrogens is 2. The molecule has 2 aromatic rings. The molecule has 120 valence electrons. The first-order valence-corrected chi connectivity index (χ1v) is 8.69. The fraction of sp³-hybridized carbons (Fsp3) is 0.353. The van der Waals surface area contributed by atoms with Crippen molar-refractivity contribution in [3.8, 4) is 6.01 Å². The minimum absolute atomic E-state index is 0.0110. The number of benzene rings is 1. The van der Waals surface area contributed by atoms with Gasteiger partial charge in [0.15, 0.2) is 0 Å². The number of rotatable bonds is 6. The number of likely N-dealkylation sites (tertiary alicyclic amines) is 1. The first kappa shape index (κ1) is 15.8. The average Bonchev–Trinajstić information content (AvgIpc) is 3.05. The van der Waals surface area contributed by atoms with Crippen LogP contribution in [0.3, 0.4) is 0 Å². The maximum Gasteiger partial charge on any atom is 0.316 e. The average molecular weight is 329 g/mol. The van der Waals surface area contributed by atoms with Gasteiger partial charge < -0.3 is 9.64 Å². The molecule has 2 heterocycles. The Hall–Kier alpha value is -2.08. The molecular weight excluding hydrogens is 310 g/mol. The van der Waals surface area contributed by atoms with Gasteiger partial charge in [0.25, 0.3) is 0 Å². The van der Waals surface area contributed by atoms with Crippen molar-refractivity contribution in [2.45, 2.75) is 23.8 Å². The number of thioether (sulfide) groups is 1. The summed E-state index contributed by atoms with van der Waals surface area (Å²) >= 11 is 1.71. The van der Waals surface area contributed by atoms with Gasteiger partial charge in [-0.1, -0.05) is 18.2 Å². The van der Waals surface area contributed by atoms with E-state index < -0.39 is 0 Å². The van der Waals surface area contributed by atoms with Gasteiger partial charge in [0.1, 0.15) is 6.10 Å². The maximum absolute atomic E-state index is 12.3. The van der Waals surface area contributed by atoms with Crippen molar-refractivity contribution < 1.29 is 9.53 Å². The molecule has 1 atom stereocenters. The van der Waals surface area contributed by atoms with E-state index in [0.29, 0.717) is 19.0 Å². The van der Waals surface area contributed by atoms with E-state index in [1.54, 1.807) is 30.2 Å². The smallest absolute Gasteiger partial charge is 0.316 e. The Balaban J connectivity index is 1.41. The molecule has 1 aliphatic rings. The van der Waals surface area contributed by atoms with Crippen LogP contribution in [0.5, 0.6) is 6.01 Å². The summed E-state index contributed by atoms with van der Waals surface area (Å²) < 4.78 is 5.71. The third-order valence-corrected chi connectivity index (χ3v) is 4.65. The van der Waals surface area contributed by atoms with Gasteiger partial charge in [-0.3, -0.25) is 4.79 Å². The van der Waals surface area contributed by atoms with Gasteiger partial charge in [-0.05, 0) is 18.2 Å². The van der Waals surface area contributed by atoms with E-state index >= 15 is 0 Å². The molecule has 0 radical (unpaired) electrons. The van der Waals surface area contributed by atoms with Crippen LogP contribution in [-0.4, -0.2) is 45.7 Å². The maximum atomic E-state index is 12.3. The first-order chi connectivity index (χ1) is 11.3. The van der Waals surface area contributed by atoms with Crippen LogP contribution in [0.2, 0.25) is 0 Å². The van der Waals surface area contributed by atoms with Crippen molar-refractivity contribution in [3.63, 3.8) is 0 Å². The Morgan fingerprint density at radius 1 is 1.22 bits per heavy atom. The largest absolute Gasteiger partial charge is 0.458 e. The van der Waals surface area contributed by atoms with Crippen LogP contribution in [0.1, 0.15) is 12.8 Å². The standard InChI is InChI=1S/C17H19N3O2S/c21-16(8-12-23-15-5-2-1-3-6-15)20-11-7-14(13-20)22-17-18-9-4-10-19-17/h1-6,9-10,14H,7-8,11-13H2/t14-/m0/s1. The fourth-order valence-corrected chi connectivity index (χ4v) is 3.34. The first-order valence-electron chi connectivity index (χ1n) is 7.70. The van der Waals surface area contributed by atoms with Gasteiger partial charge >= 0.3 is 6.01 Å². The van der Waals surface area contributed by atoms with Crippen molar-refractivity contribution in [3.05, 3.63) is 48.8 Å². The quantitative estimate of drug-likeness (QED) is 0.763. The molecule has 1 aromatic heterocycles. The van der Waals surface area contributed by atoms with Crippen molar-refractivity contribution in [1.29, 1.82) is 0 Å². The highest BCUT2D eigenvalue weighted by Gasteiger charge is 2.27. The van der Waals surface area contributed by atoms with E-state index in [-0.39, 0.29) is 12.0 Å². The lowest BCUT2D eigenvalue weighted by Crippen LogP contribution is -2.31. The second-order valence-corrected chi connectivity index (χ2v) is 6.48. The number of hydrogen-bond donors (Lipinski definition) is 0. The molecule has 1 aliphatic heterocycles. The summed E-state index contributed by atoms with van der Waals surface area (Å²) in [6.07, 6.45) is 4.68. The molecule has 0 aliphatic carbocycles. The van der Waals surface area contributed by atoms with E-state index in [1.807, 2.05) is 23.1 Å². The van der Waals surface area contributed by atoms with Crippen LogP contribution < -0.4 is 4.74 Å². The van der Waals surface area contributed by atoms with Crippen molar-refractivity contribution in [2.24, 2.45) is 0 Å². The highest BCUT2D eigenvalue weighted by Crippen LogP contribution is 2.20. The topological polar surface area (TPSA) is 55.3 Å². The lowest BCUT2D eigenvalue weighted by molar-refractivity contribution is -0.129. The Morgan fingerprint density at radius 2 is 2.00 bits per heavy atom. The number of carbonyl (C=O) groups excluding carboxylic acids is 1. The lowest BCUT2D eigenvalue weighted by atomic mass is 10.3. The minimum atomic E-state index is -0.0110. The molecule has 0 N–H and O–H groups in total. The summed E-state index contributed by atoms with van der Waals surface area (Å²) in [5.74, 6) is 0.987. The fourth-order valence-electron chi connectivity index (χ4n) is 2.48. The van der Waals surface area contributed by atoms with Crippen LogP contribution in [0.15, 0.2) is 53.7 Å². The molecule has 5 nitrogen and oxygen atoms in total. The van der Waals surface area contributed by atoms with Crippen molar-refractivity contribution in [1.82, 2.24) is 14.9 Å². The molecule has 1 fully saturated rings.